The first-order valence-corrected chi connectivity index (χ1v) is 4.51. The van der Waals surface area contributed by atoms with Gasteiger partial charge in [-0.3, -0.25) is 0 Å². The van der Waals surface area contributed by atoms with E-state index < -0.39 is 13.1 Å². The van der Waals surface area contributed by atoms with Gasteiger partial charge >= 0.3 is 13.1 Å². The molecule has 1 aliphatic rings. The lowest BCUT2D eigenvalue weighted by Crippen LogP contribution is -2.16. The number of hydrogen-bond acceptors (Lipinski definition) is 3. The molecule has 0 amide bonds. The van der Waals surface area contributed by atoms with Crippen molar-refractivity contribution in [1.82, 2.24) is 5.32 Å². The molecule has 2 atom stereocenters. The van der Waals surface area contributed by atoms with E-state index in [1.54, 1.807) is 0 Å². The lowest BCUT2D eigenvalue weighted by atomic mass is 10.7. The highest BCUT2D eigenvalue weighted by Gasteiger charge is 2.32. The fourth-order valence-corrected chi connectivity index (χ4v) is 1.41. The highest BCUT2D eigenvalue weighted by Crippen LogP contribution is 2.33. The van der Waals surface area contributed by atoms with Crippen molar-refractivity contribution >= 4 is 18.4 Å². The minimum Gasteiger partial charge on any atom is -0.320 e. The zero-order valence-corrected chi connectivity index (χ0v) is 5.78. The van der Waals surface area contributed by atoms with Crippen LogP contribution in [0.3, 0.4) is 0 Å². The molecule has 1 saturated heterocycles. The molecular formula is C3H6ClNO2P+. The lowest BCUT2D eigenvalue weighted by Gasteiger charge is -1.88. The molecule has 46 valence electrons. The van der Waals surface area contributed by atoms with Crippen LogP contribution in [0.25, 0.3) is 0 Å². The molecule has 0 aliphatic carbocycles. The van der Waals surface area contributed by atoms with Crippen molar-refractivity contribution in [3.63, 3.8) is 0 Å². The van der Waals surface area contributed by atoms with Crippen molar-refractivity contribution < 1.29 is 9.30 Å². The molecule has 1 heterocycles. The Bertz CT molecular complexity index is 103. The summed E-state index contributed by atoms with van der Waals surface area (Å²) in [6.45, 7) is 1.36. The van der Waals surface area contributed by atoms with Crippen LogP contribution in [0, 0.1) is 0 Å². The summed E-state index contributed by atoms with van der Waals surface area (Å²) < 4.78 is 15.3. The van der Waals surface area contributed by atoms with Gasteiger partial charge in [-0.15, -0.1) is 0 Å². The van der Waals surface area contributed by atoms with Crippen molar-refractivity contribution in [2.24, 2.45) is 0 Å². The van der Waals surface area contributed by atoms with Gasteiger partial charge in [-0.1, -0.05) is 0 Å². The van der Waals surface area contributed by atoms with Crippen LogP contribution in [-0.2, 0) is 9.30 Å². The fraction of sp³-hybridized carbons (Fsp3) is 1.00. The van der Waals surface area contributed by atoms with Gasteiger partial charge in [0.05, 0.1) is 6.61 Å². The van der Waals surface area contributed by atoms with Gasteiger partial charge in [-0.25, -0.2) is 5.32 Å². The molecule has 1 aliphatic heterocycles. The number of rotatable bonds is 1. The van der Waals surface area contributed by atoms with E-state index >= 15 is 0 Å². The second kappa shape index (κ2) is 2.74. The van der Waals surface area contributed by atoms with Crippen molar-refractivity contribution in [3.05, 3.63) is 0 Å². The van der Waals surface area contributed by atoms with Crippen LogP contribution >= 0.6 is 18.4 Å². The Hall–Kier alpha value is 0.310. The molecule has 0 spiro atoms. The summed E-state index contributed by atoms with van der Waals surface area (Å²) in [4.78, 5) is 0. The third-order valence-electron chi connectivity index (χ3n) is 0.881. The predicted octanol–water partition coefficient (Wildman–Crippen LogP) is 0.871. The summed E-state index contributed by atoms with van der Waals surface area (Å²) in [6, 6.07) is 0. The minimum absolute atomic E-state index is 0.410. The summed E-state index contributed by atoms with van der Waals surface area (Å²) in [5, 5.41) is 2.82. The van der Waals surface area contributed by atoms with E-state index in [1.807, 2.05) is 0 Å². The largest absolute Gasteiger partial charge is 0.503 e. The molecule has 0 radical (unpaired) electrons. The van der Waals surface area contributed by atoms with Crippen LogP contribution in [0.4, 0.5) is 0 Å². The van der Waals surface area contributed by atoms with E-state index in [4.69, 9.17) is 16.0 Å². The second-order valence-corrected chi connectivity index (χ2v) is 3.46. The van der Waals surface area contributed by atoms with E-state index in [0.29, 0.717) is 6.61 Å². The number of ether oxygens (including phenoxy) is 1. The summed E-state index contributed by atoms with van der Waals surface area (Å²) >= 11 is 5.21. The third kappa shape index (κ3) is 1.39. The van der Waals surface area contributed by atoms with Gasteiger partial charge in [0.15, 0.2) is 0 Å². The summed E-state index contributed by atoms with van der Waals surface area (Å²) in [7, 11) is -1.71. The van der Waals surface area contributed by atoms with Gasteiger partial charge in [0.1, 0.15) is 0 Å². The predicted molar refractivity (Wildman–Crippen MR) is 31.2 cm³/mol. The van der Waals surface area contributed by atoms with Crippen LogP contribution in [0.1, 0.15) is 0 Å². The molecule has 0 aromatic rings. The van der Waals surface area contributed by atoms with Crippen LogP contribution < -0.4 is 5.32 Å². The molecule has 1 rings (SSSR count). The second-order valence-electron chi connectivity index (χ2n) is 1.45. The Balaban J connectivity index is 2.35. The summed E-state index contributed by atoms with van der Waals surface area (Å²) in [6.07, 6.45) is 0. The summed E-state index contributed by atoms with van der Waals surface area (Å²) in [5.74, 6) is -0.410. The number of halogens is 1. The maximum Gasteiger partial charge on any atom is 0.503 e. The van der Waals surface area contributed by atoms with E-state index in [0.717, 1.165) is 6.54 Å². The van der Waals surface area contributed by atoms with Gasteiger partial charge in [-0.05, 0) is 4.57 Å². The van der Waals surface area contributed by atoms with E-state index in [1.165, 1.54) is 0 Å². The van der Waals surface area contributed by atoms with Gasteiger partial charge in [0.25, 0.3) is 0 Å². The first-order chi connectivity index (χ1) is 3.80. The fourth-order valence-electron chi connectivity index (χ4n) is 0.542. The normalized spacial score (nSPS) is 30.6. The summed E-state index contributed by atoms with van der Waals surface area (Å²) in [5.41, 5.74) is 0. The number of hydrogen-bond donors (Lipinski definition) is 1. The van der Waals surface area contributed by atoms with Crippen molar-refractivity contribution in [3.8, 4) is 0 Å². The molecular weight excluding hydrogens is 148 g/mol. The molecule has 0 aromatic carbocycles. The van der Waals surface area contributed by atoms with Crippen LogP contribution in [0.2, 0.25) is 0 Å². The average molecular weight is 155 g/mol. The average Bonchev–Trinajstić information content (AvgIpc) is 2.12. The first-order valence-electron chi connectivity index (χ1n) is 2.28. The first kappa shape index (κ1) is 6.43. The highest BCUT2D eigenvalue weighted by molar-refractivity contribution is 7.74. The van der Waals surface area contributed by atoms with Crippen molar-refractivity contribution in [2.45, 2.75) is 5.97 Å². The maximum absolute atomic E-state index is 10.4. The van der Waals surface area contributed by atoms with Gasteiger partial charge in [0.2, 0.25) is 11.2 Å². The van der Waals surface area contributed by atoms with E-state index in [9.17, 15) is 4.57 Å². The lowest BCUT2D eigenvalue weighted by molar-refractivity contribution is 0.162. The maximum atomic E-state index is 10.4. The smallest absolute Gasteiger partial charge is 0.320 e. The van der Waals surface area contributed by atoms with Crippen molar-refractivity contribution in [2.75, 3.05) is 13.2 Å². The Kier molecular flexibility index (Phi) is 2.20. The van der Waals surface area contributed by atoms with Crippen molar-refractivity contribution in [1.29, 1.82) is 0 Å². The highest BCUT2D eigenvalue weighted by atomic mass is 35.7. The quantitative estimate of drug-likeness (QED) is 0.570. The SMILES string of the molecule is O=[P+](Cl)C1NCCO1. The standard InChI is InChI=1S/C3H6ClNO2P/c4-8(6)3-5-1-2-7-3/h3,5H,1-2H2/q+1. The molecule has 0 saturated carbocycles. The zero-order chi connectivity index (χ0) is 5.98. The minimum atomic E-state index is -1.71. The molecule has 3 nitrogen and oxygen atoms in total. The van der Waals surface area contributed by atoms with Crippen LogP contribution in [0.15, 0.2) is 0 Å². The van der Waals surface area contributed by atoms with Gasteiger partial charge in [-0.2, -0.15) is 0 Å². The molecule has 8 heavy (non-hydrogen) atoms. The zero-order valence-electron chi connectivity index (χ0n) is 4.13. The third-order valence-corrected chi connectivity index (χ3v) is 2.11. The molecule has 5 heteroatoms. The van der Waals surface area contributed by atoms with E-state index in [-0.39, 0.29) is 0 Å². The molecule has 0 aromatic heterocycles. The van der Waals surface area contributed by atoms with Crippen LogP contribution in [0.5, 0.6) is 0 Å². The molecule has 2 unspecified atom stereocenters. The van der Waals surface area contributed by atoms with Gasteiger partial charge < -0.3 is 4.74 Å². The number of nitrogens with one attached hydrogen (secondary N) is 1. The Labute approximate surface area is 52.9 Å². The molecule has 0 bridgehead atoms. The molecule has 1 N–H and O–H groups in total. The monoisotopic (exact) mass is 154 g/mol. The Morgan fingerprint density at radius 2 is 2.62 bits per heavy atom. The van der Waals surface area contributed by atoms with Gasteiger partial charge in [0, 0.05) is 6.54 Å². The molecule has 1 fully saturated rings. The van der Waals surface area contributed by atoms with Crippen LogP contribution in [-0.4, -0.2) is 19.1 Å². The topological polar surface area (TPSA) is 38.3 Å². The Morgan fingerprint density at radius 3 is 2.88 bits per heavy atom. The van der Waals surface area contributed by atoms with E-state index in [2.05, 4.69) is 5.32 Å². The Morgan fingerprint density at radius 1 is 1.88 bits per heavy atom.